The molecule has 0 aliphatic carbocycles. The topological polar surface area (TPSA) is 46.6 Å². The number of fused-ring (bicyclic) bond motifs is 1. The summed E-state index contributed by atoms with van der Waals surface area (Å²) in [7, 11) is 0. The van der Waals surface area contributed by atoms with Crippen LogP contribution in [0.5, 0.6) is 0 Å². The molecule has 2 aromatic rings. The van der Waals surface area contributed by atoms with Gasteiger partial charge in [-0.1, -0.05) is 19.9 Å². The monoisotopic (exact) mass is 286 g/mol. The van der Waals surface area contributed by atoms with Gasteiger partial charge in [0.15, 0.2) is 5.82 Å². The Morgan fingerprint density at radius 1 is 1.29 bits per heavy atom. The number of pyridine rings is 1. The molecular weight excluding hydrogens is 260 g/mol. The molecule has 0 aromatic carbocycles. The minimum Gasteiger partial charge on any atom is -0.355 e. The number of imidazole rings is 1. The van der Waals surface area contributed by atoms with E-state index in [9.17, 15) is 0 Å². The van der Waals surface area contributed by atoms with E-state index in [0.717, 1.165) is 42.1 Å². The molecule has 1 aliphatic rings. The molecule has 1 unspecified atom stereocenters. The van der Waals surface area contributed by atoms with Crippen molar-refractivity contribution in [3.05, 3.63) is 30.1 Å². The van der Waals surface area contributed by atoms with Crippen molar-refractivity contribution >= 4 is 11.5 Å². The van der Waals surface area contributed by atoms with Crippen molar-refractivity contribution in [3.8, 4) is 0 Å². The van der Waals surface area contributed by atoms with E-state index in [2.05, 4.69) is 35.4 Å². The fourth-order valence-corrected chi connectivity index (χ4v) is 3.48. The van der Waals surface area contributed by atoms with Crippen LogP contribution in [0.4, 0.5) is 5.82 Å². The van der Waals surface area contributed by atoms with Crippen LogP contribution in [0.2, 0.25) is 0 Å². The lowest BCUT2D eigenvalue weighted by Gasteiger charge is -2.22. The van der Waals surface area contributed by atoms with E-state index in [1.54, 1.807) is 0 Å². The van der Waals surface area contributed by atoms with Gasteiger partial charge in [0.1, 0.15) is 5.65 Å². The molecule has 0 bridgehead atoms. The first-order chi connectivity index (χ1) is 10.2. The Morgan fingerprint density at radius 2 is 2.14 bits per heavy atom. The van der Waals surface area contributed by atoms with E-state index >= 15 is 0 Å². The molecule has 4 nitrogen and oxygen atoms in total. The Kier molecular flexibility index (Phi) is 4.15. The Hall–Kier alpha value is -1.55. The van der Waals surface area contributed by atoms with Crippen molar-refractivity contribution in [3.63, 3.8) is 0 Å². The zero-order valence-electron chi connectivity index (χ0n) is 13.1. The number of hydrogen-bond acceptors (Lipinski definition) is 3. The van der Waals surface area contributed by atoms with Gasteiger partial charge in [0.05, 0.1) is 5.69 Å². The molecule has 2 aromatic heterocycles. The second-order valence-corrected chi connectivity index (χ2v) is 6.44. The standard InChI is InChI=1S/C17H26N4/c1-13(2)14-6-5-9-20(11-8-14)17-15(12-18)21-10-4-3-7-16(21)19-17/h3-4,7,10,13-14H,5-6,8-9,11-12,18H2,1-2H3. The maximum absolute atomic E-state index is 5.99. The van der Waals surface area contributed by atoms with Gasteiger partial charge in [0.25, 0.3) is 0 Å². The van der Waals surface area contributed by atoms with Crippen LogP contribution >= 0.6 is 0 Å². The lowest BCUT2D eigenvalue weighted by atomic mass is 9.89. The summed E-state index contributed by atoms with van der Waals surface area (Å²) in [5.74, 6) is 2.71. The van der Waals surface area contributed by atoms with Crippen molar-refractivity contribution in [1.29, 1.82) is 0 Å². The SMILES string of the molecule is CC(C)C1CCCN(c2nc3ccccn3c2CN)CC1. The van der Waals surface area contributed by atoms with E-state index in [4.69, 9.17) is 10.7 Å². The van der Waals surface area contributed by atoms with E-state index < -0.39 is 0 Å². The highest BCUT2D eigenvalue weighted by atomic mass is 15.2. The van der Waals surface area contributed by atoms with Gasteiger partial charge >= 0.3 is 0 Å². The van der Waals surface area contributed by atoms with Crippen LogP contribution in [0, 0.1) is 11.8 Å². The highest BCUT2D eigenvalue weighted by Crippen LogP contribution is 2.29. The molecule has 4 heteroatoms. The van der Waals surface area contributed by atoms with E-state index in [1.165, 1.54) is 19.3 Å². The lowest BCUT2D eigenvalue weighted by molar-refractivity contribution is 0.351. The molecule has 3 heterocycles. The van der Waals surface area contributed by atoms with Crippen LogP contribution in [0.3, 0.4) is 0 Å². The third kappa shape index (κ3) is 2.77. The first-order valence-corrected chi connectivity index (χ1v) is 8.11. The molecule has 0 radical (unpaired) electrons. The molecule has 1 aliphatic heterocycles. The Morgan fingerprint density at radius 3 is 2.90 bits per heavy atom. The van der Waals surface area contributed by atoms with Crippen LogP contribution in [-0.2, 0) is 6.54 Å². The molecule has 2 N–H and O–H groups in total. The zero-order chi connectivity index (χ0) is 14.8. The second kappa shape index (κ2) is 6.06. The largest absolute Gasteiger partial charge is 0.355 e. The van der Waals surface area contributed by atoms with Crippen LogP contribution in [0.1, 0.15) is 38.8 Å². The van der Waals surface area contributed by atoms with Gasteiger partial charge in [-0.2, -0.15) is 0 Å². The zero-order valence-corrected chi connectivity index (χ0v) is 13.1. The van der Waals surface area contributed by atoms with Crippen molar-refractivity contribution in [1.82, 2.24) is 9.38 Å². The number of rotatable bonds is 3. The molecular formula is C17H26N4. The summed E-state index contributed by atoms with van der Waals surface area (Å²) in [6.45, 7) is 7.41. The molecule has 3 rings (SSSR count). The van der Waals surface area contributed by atoms with E-state index in [0.29, 0.717) is 6.54 Å². The highest BCUT2D eigenvalue weighted by Gasteiger charge is 2.23. The molecule has 0 saturated carbocycles. The van der Waals surface area contributed by atoms with Gasteiger partial charge in [-0.25, -0.2) is 4.98 Å². The predicted octanol–water partition coefficient (Wildman–Crippen LogP) is 3.06. The van der Waals surface area contributed by atoms with E-state index in [-0.39, 0.29) is 0 Å². The Balaban J connectivity index is 1.89. The summed E-state index contributed by atoms with van der Waals surface area (Å²) in [5, 5.41) is 0. The van der Waals surface area contributed by atoms with Crippen molar-refractivity contribution in [2.45, 2.75) is 39.7 Å². The predicted molar refractivity (Wildman–Crippen MR) is 87.5 cm³/mol. The molecule has 1 saturated heterocycles. The van der Waals surface area contributed by atoms with Crippen molar-refractivity contribution < 1.29 is 0 Å². The van der Waals surface area contributed by atoms with Gasteiger partial charge in [0.2, 0.25) is 0 Å². The maximum atomic E-state index is 5.99. The van der Waals surface area contributed by atoms with Gasteiger partial charge in [-0.15, -0.1) is 0 Å². The molecule has 21 heavy (non-hydrogen) atoms. The van der Waals surface area contributed by atoms with Crippen molar-refractivity contribution in [2.24, 2.45) is 17.6 Å². The summed E-state index contributed by atoms with van der Waals surface area (Å²) >= 11 is 0. The fourth-order valence-electron chi connectivity index (χ4n) is 3.48. The summed E-state index contributed by atoms with van der Waals surface area (Å²) in [5.41, 5.74) is 8.13. The summed E-state index contributed by atoms with van der Waals surface area (Å²) in [6, 6.07) is 6.12. The highest BCUT2D eigenvalue weighted by molar-refractivity contribution is 5.56. The minimum atomic E-state index is 0.532. The van der Waals surface area contributed by atoms with Gasteiger partial charge in [-0.3, -0.25) is 0 Å². The first kappa shape index (κ1) is 14.4. The smallest absolute Gasteiger partial charge is 0.152 e. The van der Waals surface area contributed by atoms with E-state index in [1.807, 2.05) is 12.1 Å². The molecule has 1 atom stereocenters. The van der Waals surface area contributed by atoms with Crippen LogP contribution in [0.15, 0.2) is 24.4 Å². The summed E-state index contributed by atoms with van der Waals surface area (Å²) in [4.78, 5) is 7.27. The molecule has 0 spiro atoms. The third-order valence-electron chi connectivity index (χ3n) is 4.82. The fraction of sp³-hybridized carbons (Fsp3) is 0.588. The van der Waals surface area contributed by atoms with Crippen LogP contribution in [0.25, 0.3) is 5.65 Å². The quantitative estimate of drug-likeness (QED) is 0.943. The van der Waals surface area contributed by atoms with Crippen molar-refractivity contribution in [2.75, 3.05) is 18.0 Å². The lowest BCUT2D eigenvalue weighted by Crippen LogP contribution is -2.26. The first-order valence-electron chi connectivity index (χ1n) is 8.11. The van der Waals surface area contributed by atoms with Crippen LogP contribution in [-0.4, -0.2) is 22.5 Å². The number of nitrogens with two attached hydrogens (primary N) is 1. The number of anilines is 1. The minimum absolute atomic E-state index is 0.532. The third-order valence-corrected chi connectivity index (χ3v) is 4.82. The normalized spacial score (nSPS) is 20.2. The average Bonchev–Trinajstić information content (AvgIpc) is 2.68. The molecule has 114 valence electrons. The number of nitrogens with zero attached hydrogens (tertiary/aromatic N) is 3. The van der Waals surface area contributed by atoms with Gasteiger partial charge in [-0.05, 0) is 43.2 Å². The van der Waals surface area contributed by atoms with Crippen LogP contribution < -0.4 is 10.6 Å². The second-order valence-electron chi connectivity index (χ2n) is 6.44. The van der Waals surface area contributed by atoms with Gasteiger partial charge < -0.3 is 15.0 Å². The summed E-state index contributed by atoms with van der Waals surface area (Å²) < 4.78 is 2.13. The maximum Gasteiger partial charge on any atom is 0.152 e. The average molecular weight is 286 g/mol. The molecule has 1 fully saturated rings. The number of aromatic nitrogens is 2. The molecule has 0 amide bonds. The Bertz CT molecular complexity index is 602. The van der Waals surface area contributed by atoms with Gasteiger partial charge in [0, 0.05) is 25.8 Å². The number of hydrogen-bond donors (Lipinski definition) is 1. The Labute approximate surface area is 127 Å². The summed E-state index contributed by atoms with van der Waals surface area (Å²) in [6.07, 6.45) is 5.90.